The molecule has 2 atom stereocenters. The first kappa shape index (κ1) is 28.3. The zero-order valence-electron chi connectivity index (χ0n) is 22.5. The Kier molecular flexibility index (Phi) is 6.86. The van der Waals surface area contributed by atoms with Gasteiger partial charge >= 0.3 is 5.92 Å². The summed E-state index contributed by atoms with van der Waals surface area (Å²) in [7, 11) is 1.53. The minimum Gasteiger partial charge on any atom is -0.480 e. The smallest absolute Gasteiger partial charge is 0.301 e. The maximum absolute atomic E-state index is 14.9. The average molecular weight is 610 g/mol. The Bertz CT molecular complexity index is 1630. The molecule has 1 saturated heterocycles. The van der Waals surface area contributed by atoms with E-state index in [-0.39, 0.29) is 47.2 Å². The molecule has 4 heterocycles. The molecule has 1 saturated carbocycles. The van der Waals surface area contributed by atoms with Gasteiger partial charge in [-0.3, -0.25) is 9.59 Å². The van der Waals surface area contributed by atoms with Crippen LogP contribution >= 0.6 is 11.6 Å². The van der Waals surface area contributed by atoms with Crippen molar-refractivity contribution in [1.29, 1.82) is 0 Å². The largest absolute Gasteiger partial charge is 0.480 e. The molecular formula is C27H28ClF4N7O3. The quantitative estimate of drug-likeness (QED) is 0.354. The van der Waals surface area contributed by atoms with Crippen LogP contribution in [0, 0.1) is 11.8 Å². The SMILES string of the molecule is Cn1c(=O)c2c(c3cc(Nc4nc(N5CCC(F)(F)C(CC(N)=O)C5)ncc4Cl)ccc31)N[C@@H](C1CC1)C(F)(F)CO2. The number of nitrogens with two attached hydrogens (primary N) is 1. The molecule has 42 heavy (non-hydrogen) atoms. The Hall–Kier alpha value is -3.81. The first-order valence-electron chi connectivity index (χ1n) is 13.5. The van der Waals surface area contributed by atoms with Crippen LogP contribution in [-0.4, -0.2) is 58.0 Å². The van der Waals surface area contributed by atoms with Crippen LogP contribution in [0.4, 0.5) is 40.7 Å². The van der Waals surface area contributed by atoms with E-state index in [1.807, 2.05) is 0 Å². The molecular weight excluding hydrogens is 582 g/mol. The lowest BCUT2D eigenvalue weighted by molar-refractivity contribution is -0.125. The highest BCUT2D eigenvalue weighted by Crippen LogP contribution is 2.46. The number of aryl methyl sites for hydroxylation is 1. The number of benzene rings is 1. The number of pyridine rings is 1. The number of ether oxygens (including phenoxy) is 1. The molecule has 224 valence electrons. The fourth-order valence-corrected chi connectivity index (χ4v) is 5.78. The van der Waals surface area contributed by atoms with Crippen molar-refractivity contribution in [3.05, 3.63) is 39.8 Å². The highest BCUT2D eigenvalue weighted by Gasteiger charge is 2.51. The van der Waals surface area contributed by atoms with Crippen molar-refractivity contribution in [2.24, 2.45) is 24.6 Å². The highest BCUT2D eigenvalue weighted by molar-refractivity contribution is 6.33. The lowest BCUT2D eigenvalue weighted by Crippen LogP contribution is -2.49. The number of amides is 1. The molecule has 0 spiro atoms. The molecule has 1 unspecified atom stereocenters. The number of nitrogens with one attached hydrogen (secondary N) is 2. The Labute approximate surface area is 242 Å². The number of nitrogens with zero attached hydrogens (tertiary/aromatic N) is 4. The van der Waals surface area contributed by atoms with Crippen molar-refractivity contribution < 1.29 is 27.1 Å². The Morgan fingerprint density at radius 1 is 1.26 bits per heavy atom. The van der Waals surface area contributed by atoms with Gasteiger partial charge in [0.1, 0.15) is 5.02 Å². The first-order valence-corrected chi connectivity index (χ1v) is 13.9. The summed E-state index contributed by atoms with van der Waals surface area (Å²) in [4.78, 5) is 34.6. The third-order valence-corrected chi connectivity index (χ3v) is 8.36. The summed E-state index contributed by atoms with van der Waals surface area (Å²) >= 11 is 6.37. The molecule has 0 bridgehead atoms. The number of carbonyl (C=O) groups is 1. The number of anilines is 4. The maximum atomic E-state index is 14.9. The third kappa shape index (κ3) is 5.16. The number of carbonyl (C=O) groups excluding carboxylic acids is 1. The zero-order chi connectivity index (χ0) is 30.0. The summed E-state index contributed by atoms with van der Waals surface area (Å²) in [6, 6.07) is 3.81. The van der Waals surface area contributed by atoms with Crippen molar-refractivity contribution in [3.8, 4) is 5.75 Å². The second-order valence-electron chi connectivity index (χ2n) is 11.1. The number of rotatable bonds is 6. The van der Waals surface area contributed by atoms with Crippen LogP contribution in [0.1, 0.15) is 25.7 Å². The first-order chi connectivity index (χ1) is 19.8. The monoisotopic (exact) mass is 609 g/mol. The van der Waals surface area contributed by atoms with Gasteiger partial charge in [-0.2, -0.15) is 4.98 Å². The fraction of sp³-hybridized carbons (Fsp3) is 0.481. The summed E-state index contributed by atoms with van der Waals surface area (Å²) in [5, 5.41) is 6.63. The number of fused-ring (bicyclic) bond motifs is 3. The van der Waals surface area contributed by atoms with Crippen molar-refractivity contribution in [1.82, 2.24) is 14.5 Å². The Morgan fingerprint density at radius 3 is 2.74 bits per heavy atom. The van der Waals surface area contributed by atoms with Gasteiger partial charge in [-0.15, -0.1) is 0 Å². The number of hydrogen-bond donors (Lipinski definition) is 3. The molecule has 2 fully saturated rings. The standard InChI is InChI=1S/C27H28ClF4N7O3/c1-38-18-5-4-15(9-16(18)20-21(24(38)41)42-12-27(31,32)22(36-20)13-2-3-13)35-23-17(28)10-34-25(37-23)39-7-6-26(29,30)14(11-39)8-19(33)40/h4-5,9-10,13-14,22,36H,2-3,6-8,11-12H2,1H3,(H2,33,40)(H,34,35,37)/t14?,22-/m0/s1. The van der Waals surface area contributed by atoms with E-state index >= 15 is 0 Å². The van der Waals surface area contributed by atoms with Gasteiger partial charge in [0.2, 0.25) is 17.6 Å². The molecule has 2 aromatic heterocycles. The Balaban J connectivity index is 1.34. The molecule has 0 radical (unpaired) electrons. The molecule has 1 amide bonds. The van der Waals surface area contributed by atoms with Gasteiger partial charge in [0.15, 0.2) is 12.4 Å². The van der Waals surface area contributed by atoms with E-state index < -0.39 is 54.7 Å². The lowest BCUT2D eigenvalue weighted by Gasteiger charge is -2.38. The Morgan fingerprint density at radius 2 is 2.02 bits per heavy atom. The zero-order valence-corrected chi connectivity index (χ0v) is 23.2. The molecule has 10 nitrogen and oxygen atoms in total. The predicted molar refractivity (Wildman–Crippen MR) is 149 cm³/mol. The summed E-state index contributed by atoms with van der Waals surface area (Å²) in [5.74, 6) is -8.44. The van der Waals surface area contributed by atoms with Gasteiger partial charge < -0.3 is 30.6 Å². The van der Waals surface area contributed by atoms with Gasteiger partial charge in [-0.1, -0.05) is 11.6 Å². The van der Waals surface area contributed by atoms with Crippen LogP contribution in [0.2, 0.25) is 5.02 Å². The molecule has 15 heteroatoms. The molecule has 2 aliphatic heterocycles. The average Bonchev–Trinajstić information content (AvgIpc) is 3.77. The van der Waals surface area contributed by atoms with Crippen LogP contribution in [0.25, 0.3) is 10.9 Å². The lowest BCUT2D eigenvalue weighted by atomic mass is 9.90. The molecule has 4 N–H and O–H groups in total. The number of piperidine rings is 1. The van der Waals surface area contributed by atoms with Gasteiger partial charge in [0.25, 0.3) is 11.5 Å². The summed E-state index contributed by atoms with van der Waals surface area (Å²) in [6.45, 7) is -1.13. The fourth-order valence-electron chi connectivity index (χ4n) is 5.64. The number of aromatic nitrogens is 3. The molecule has 1 aromatic carbocycles. The van der Waals surface area contributed by atoms with Crippen molar-refractivity contribution in [3.63, 3.8) is 0 Å². The second kappa shape index (κ2) is 10.2. The van der Waals surface area contributed by atoms with Gasteiger partial charge in [-0.05, 0) is 37.0 Å². The van der Waals surface area contributed by atoms with E-state index in [9.17, 15) is 27.2 Å². The summed E-state index contributed by atoms with van der Waals surface area (Å²) in [6.07, 6.45) is 1.67. The normalized spacial score (nSPS) is 23.0. The van der Waals surface area contributed by atoms with E-state index in [1.54, 1.807) is 23.1 Å². The predicted octanol–water partition coefficient (Wildman–Crippen LogP) is 4.28. The van der Waals surface area contributed by atoms with E-state index in [0.717, 1.165) is 0 Å². The third-order valence-electron chi connectivity index (χ3n) is 8.09. The second-order valence-corrected chi connectivity index (χ2v) is 11.5. The number of alkyl halides is 4. The van der Waals surface area contributed by atoms with E-state index in [4.69, 9.17) is 22.1 Å². The van der Waals surface area contributed by atoms with Gasteiger partial charge in [0.05, 0.1) is 23.4 Å². The van der Waals surface area contributed by atoms with E-state index in [2.05, 4.69) is 20.6 Å². The van der Waals surface area contributed by atoms with E-state index in [1.165, 1.54) is 17.8 Å². The van der Waals surface area contributed by atoms with Gasteiger partial charge in [-0.25, -0.2) is 22.5 Å². The summed E-state index contributed by atoms with van der Waals surface area (Å²) in [5.41, 5.74) is 5.79. The van der Waals surface area contributed by atoms with Crippen LogP contribution in [0.15, 0.2) is 29.2 Å². The number of primary amides is 1. The maximum Gasteiger partial charge on any atom is 0.301 e. The van der Waals surface area contributed by atoms with Crippen molar-refractivity contribution in [2.45, 2.75) is 43.6 Å². The van der Waals surface area contributed by atoms with Crippen LogP contribution < -0.4 is 31.6 Å². The van der Waals surface area contributed by atoms with E-state index in [0.29, 0.717) is 29.4 Å². The molecule has 6 rings (SSSR count). The van der Waals surface area contributed by atoms with Crippen molar-refractivity contribution in [2.75, 3.05) is 35.2 Å². The molecule has 3 aliphatic rings. The van der Waals surface area contributed by atoms with Crippen LogP contribution in [0.3, 0.4) is 0 Å². The van der Waals surface area contributed by atoms with Crippen LogP contribution in [0.5, 0.6) is 5.75 Å². The molecule has 3 aromatic rings. The van der Waals surface area contributed by atoms with Gasteiger partial charge in [0, 0.05) is 50.0 Å². The van der Waals surface area contributed by atoms with Crippen LogP contribution in [-0.2, 0) is 11.8 Å². The number of hydrogen-bond acceptors (Lipinski definition) is 8. The minimum absolute atomic E-state index is 0.0437. The number of halogens is 5. The topological polar surface area (TPSA) is 127 Å². The highest BCUT2D eigenvalue weighted by atomic mass is 35.5. The summed E-state index contributed by atoms with van der Waals surface area (Å²) < 4.78 is 65.4. The minimum atomic E-state index is -3.17. The molecule has 1 aliphatic carbocycles. The van der Waals surface area contributed by atoms with Crippen molar-refractivity contribution >= 4 is 51.6 Å².